The molecule has 0 radical (unpaired) electrons. The third-order valence-corrected chi connectivity index (χ3v) is 4.16. The van der Waals surface area contributed by atoms with Crippen LogP contribution in [0.25, 0.3) is 22.7 Å². The molecule has 0 aliphatic rings. The minimum absolute atomic E-state index is 0.0845. The van der Waals surface area contributed by atoms with Crippen LogP contribution in [0.3, 0.4) is 0 Å². The second kappa shape index (κ2) is 6.61. The van der Waals surface area contributed by atoms with E-state index >= 15 is 0 Å². The van der Waals surface area contributed by atoms with E-state index < -0.39 is 0 Å². The van der Waals surface area contributed by atoms with Crippen molar-refractivity contribution in [2.45, 2.75) is 6.42 Å². The lowest BCUT2D eigenvalue weighted by molar-refractivity contribution is 1.13. The molecule has 0 spiro atoms. The third-order valence-electron chi connectivity index (χ3n) is 4.16. The summed E-state index contributed by atoms with van der Waals surface area (Å²) < 4.78 is 1.95. The van der Waals surface area contributed by atoms with Gasteiger partial charge in [-0.2, -0.15) is 0 Å². The molecule has 2 aromatic heterocycles. The molecular formula is C21H17N3O. The lowest BCUT2D eigenvalue weighted by atomic mass is 9.97. The van der Waals surface area contributed by atoms with Gasteiger partial charge in [-0.3, -0.25) is 4.79 Å². The van der Waals surface area contributed by atoms with E-state index in [1.165, 1.54) is 11.1 Å². The first kappa shape index (κ1) is 15.1. The average molecular weight is 327 g/mol. The predicted molar refractivity (Wildman–Crippen MR) is 101 cm³/mol. The van der Waals surface area contributed by atoms with Crippen LogP contribution in [0.5, 0.6) is 0 Å². The smallest absolute Gasteiger partial charge is 0.248 e. The molecular weight excluding hydrogens is 310 g/mol. The Balaban J connectivity index is 1.79. The van der Waals surface area contributed by atoms with Crippen LogP contribution in [0.4, 0.5) is 0 Å². The Morgan fingerprint density at radius 2 is 1.96 bits per heavy atom. The zero-order valence-electron chi connectivity index (χ0n) is 13.6. The standard InChI is InChI=1S/C21H17N3O/c25-21-9-7-18-13-17(6-8-20(18)23-21)19(14-24-11-10-22-15-24)12-16-4-2-1-3-5-16/h1-11,13-15H,12H2,(H,23,25)/b19-14-. The lowest BCUT2D eigenvalue weighted by Gasteiger charge is -2.10. The highest BCUT2D eigenvalue weighted by atomic mass is 16.1. The van der Waals surface area contributed by atoms with E-state index in [0.29, 0.717) is 0 Å². The molecule has 2 heterocycles. The number of fused-ring (bicyclic) bond motifs is 1. The minimum Gasteiger partial charge on any atom is -0.322 e. The van der Waals surface area contributed by atoms with E-state index in [4.69, 9.17) is 0 Å². The van der Waals surface area contributed by atoms with Crippen LogP contribution in [0, 0.1) is 0 Å². The van der Waals surface area contributed by atoms with Gasteiger partial charge in [-0.05, 0) is 46.7 Å². The fraction of sp³-hybridized carbons (Fsp3) is 0.0476. The van der Waals surface area contributed by atoms with E-state index in [0.717, 1.165) is 22.9 Å². The quantitative estimate of drug-likeness (QED) is 0.617. The zero-order valence-corrected chi connectivity index (χ0v) is 13.6. The van der Waals surface area contributed by atoms with Gasteiger partial charge in [0.15, 0.2) is 0 Å². The van der Waals surface area contributed by atoms with Gasteiger partial charge in [0.2, 0.25) is 5.56 Å². The summed E-state index contributed by atoms with van der Waals surface area (Å²) in [6.45, 7) is 0. The van der Waals surface area contributed by atoms with E-state index in [9.17, 15) is 4.79 Å². The number of H-pyrrole nitrogens is 1. The van der Waals surface area contributed by atoms with Crippen molar-refractivity contribution in [2.24, 2.45) is 0 Å². The average Bonchev–Trinajstić information content (AvgIpc) is 3.15. The Hall–Kier alpha value is -3.40. The molecule has 1 N–H and O–H groups in total. The molecule has 0 aliphatic carbocycles. The Bertz CT molecular complexity index is 1080. The fourth-order valence-electron chi connectivity index (χ4n) is 2.92. The molecule has 0 fully saturated rings. The zero-order chi connectivity index (χ0) is 17.1. The van der Waals surface area contributed by atoms with Gasteiger partial charge in [0.1, 0.15) is 0 Å². The first-order chi connectivity index (χ1) is 12.3. The second-order valence-electron chi connectivity index (χ2n) is 5.95. The molecule has 4 nitrogen and oxygen atoms in total. The number of allylic oxidation sites excluding steroid dienone is 1. The van der Waals surface area contributed by atoms with Crippen LogP contribution in [-0.2, 0) is 6.42 Å². The van der Waals surface area contributed by atoms with E-state index in [-0.39, 0.29) is 5.56 Å². The summed E-state index contributed by atoms with van der Waals surface area (Å²) in [5, 5.41) is 1.02. The maximum absolute atomic E-state index is 11.5. The number of pyridine rings is 1. The van der Waals surface area contributed by atoms with Crippen molar-refractivity contribution in [2.75, 3.05) is 0 Å². The maximum Gasteiger partial charge on any atom is 0.248 e. The molecule has 0 unspecified atom stereocenters. The molecule has 4 rings (SSSR count). The summed E-state index contributed by atoms with van der Waals surface area (Å²) in [4.78, 5) is 18.5. The van der Waals surface area contributed by atoms with Gasteiger partial charge in [0.25, 0.3) is 0 Å². The van der Waals surface area contributed by atoms with Gasteiger partial charge < -0.3 is 9.55 Å². The van der Waals surface area contributed by atoms with Gasteiger partial charge in [0, 0.05) is 30.2 Å². The van der Waals surface area contributed by atoms with Crippen molar-refractivity contribution in [1.82, 2.24) is 14.5 Å². The van der Waals surface area contributed by atoms with Gasteiger partial charge in [-0.25, -0.2) is 4.98 Å². The summed E-state index contributed by atoms with van der Waals surface area (Å²) >= 11 is 0. The first-order valence-corrected chi connectivity index (χ1v) is 8.13. The number of benzene rings is 2. The molecule has 4 aromatic rings. The van der Waals surface area contributed by atoms with Gasteiger partial charge in [-0.15, -0.1) is 0 Å². The fourth-order valence-corrected chi connectivity index (χ4v) is 2.92. The SMILES string of the molecule is O=c1ccc2cc(/C(=C\n3ccnc3)Cc3ccccc3)ccc2[nH]1. The molecule has 2 aromatic carbocycles. The first-order valence-electron chi connectivity index (χ1n) is 8.13. The summed E-state index contributed by atoms with van der Waals surface area (Å²) in [6, 6.07) is 19.9. The second-order valence-corrected chi connectivity index (χ2v) is 5.95. The van der Waals surface area contributed by atoms with Crippen LogP contribution in [0.2, 0.25) is 0 Å². The van der Waals surface area contributed by atoms with Crippen LogP contribution in [0.1, 0.15) is 11.1 Å². The Kier molecular flexibility index (Phi) is 4.01. The van der Waals surface area contributed by atoms with E-state index in [1.54, 1.807) is 18.6 Å². The van der Waals surface area contributed by atoms with Crippen LogP contribution < -0.4 is 5.56 Å². The number of aromatic nitrogens is 3. The summed E-state index contributed by atoms with van der Waals surface area (Å²) in [5.41, 5.74) is 4.31. The lowest BCUT2D eigenvalue weighted by Crippen LogP contribution is -2.02. The van der Waals surface area contributed by atoms with Gasteiger partial charge in [-0.1, -0.05) is 36.4 Å². The molecule has 122 valence electrons. The molecule has 0 atom stereocenters. The summed E-state index contributed by atoms with van der Waals surface area (Å²) in [5.74, 6) is 0. The number of hydrogen-bond donors (Lipinski definition) is 1. The van der Waals surface area contributed by atoms with Crippen LogP contribution >= 0.6 is 0 Å². The van der Waals surface area contributed by atoms with E-state index in [1.807, 2.05) is 35.0 Å². The third kappa shape index (κ3) is 3.43. The van der Waals surface area contributed by atoms with E-state index in [2.05, 4.69) is 46.5 Å². The maximum atomic E-state index is 11.5. The van der Waals surface area contributed by atoms with Crippen molar-refractivity contribution >= 4 is 22.7 Å². The largest absolute Gasteiger partial charge is 0.322 e. The molecule has 0 bridgehead atoms. The Morgan fingerprint density at radius 1 is 1.08 bits per heavy atom. The molecule has 0 amide bonds. The number of imidazole rings is 1. The highest BCUT2D eigenvalue weighted by Crippen LogP contribution is 2.24. The van der Waals surface area contributed by atoms with Crippen molar-refractivity contribution in [3.05, 3.63) is 101 Å². The highest BCUT2D eigenvalue weighted by molar-refractivity contribution is 5.86. The monoisotopic (exact) mass is 327 g/mol. The molecule has 0 saturated carbocycles. The number of rotatable bonds is 4. The van der Waals surface area contributed by atoms with Gasteiger partial charge in [0.05, 0.1) is 6.33 Å². The molecule has 25 heavy (non-hydrogen) atoms. The van der Waals surface area contributed by atoms with Crippen molar-refractivity contribution in [1.29, 1.82) is 0 Å². The van der Waals surface area contributed by atoms with Crippen LogP contribution in [-0.4, -0.2) is 14.5 Å². The Labute approximate surface area is 145 Å². The molecule has 4 heteroatoms. The predicted octanol–water partition coefficient (Wildman–Crippen LogP) is 3.97. The molecule has 0 aliphatic heterocycles. The topological polar surface area (TPSA) is 50.7 Å². The van der Waals surface area contributed by atoms with Crippen LogP contribution in [0.15, 0.2) is 84.2 Å². The normalized spacial score (nSPS) is 11.8. The number of aromatic amines is 1. The van der Waals surface area contributed by atoms with Crippen molar-refractivity contribution in [3.63, 3.8) is 0 Å². The highest BCUT2D eigenvalue weighted by Gasteiger charge is 2.06. The Morgan fingerprint density at radius 3 is 2.76 bits per heavy atom. The minimum atomic E-state index is -0.0845. The van der Waals surface area contributed by atoms with Crippen molar-refractivity contribution in [3.8, 4) is 0 Å². The van der Waals surface area contributed by atoms with Crippen molar-refractivity contribution < 1.29 is 0 Å². The van der Waals surface area contributed by atoms with Gasteiger partial charge >= 0.3 is 0 Å². The summed E-state index contributed by atoms with van der Waals surface area (Å²) in [6.07, 6.45) is 8.37. The number of nitrogens with one attached hydrogen (secondary N) is 1. The summed E-state index contributed by atoms with van der Waals surface area (Å²) in [7, 11) is 0. The number of hydrogen-bond acceptors (Lipinski definition) is 2. The molecule has 0 saturated heterocycles. The number of nitrogens with zero attached hydrogens (tertiary/aromatic N) is 2.